The molecule has 1 unspecified atom stereocenters. The van der Waals surface area contributed by atoms with Gasteiger partial charge in [-0.25, -0.2) is 9.37 Å². The molecule has 0 radical (unpaired) electrons. The molecule has 2 nitrogen and oxygen atoms in total. The number of nitrogens with zero attached hydrogens (tertiary/aromatic N) is 1. The molecule has 1 aliphatic carbocycles. The number of alkyl halides is 3. The maximum Gasteiger partial charge on any atom is 0.433 e. The standard InChI is InChI=1S/C15H12F4N2/c16-10-2-4-12-9(7-10)1-5-13(12)21-11-3-6-14(20-8-11)15(17,18)19/h2-4,6-8,13,21H,1,5H2. The van der Waals surface area contributed by atoms with Gasteiger partial charge in [-0.2, -0.15) is 13.2 Å². The molecule has 0 saturated carbocycles. The lowest BCUT2D eigenvalue weighted by Crippen LogP contribution is -2.10. The van der Waals surface area contributed by atoms with E-state index in [-0.39, 0.29) is 11.9 Å². The molecule has 0 saturated heterocycles. The van der Waals surface area contributed by atoms with Crippen LogP contribution < -0.4 is 5.32 Å². The first-order valence-electron chi connectivity index (χ1n) is 6.51. The summed E-state index contributed by atoms with van der Waals surface area (Å²) in [5.74, 6) is -0.273. The molecule has 1 aromatic carbocycles. The number of fused-ring (bicyclic) bond motifs is 1. The number of hydrogen-bond acceptors (Lipinski definition) is 2. The molecule has 1 aromatic heterocycles. The van der Waals surface area contributed by atoms with Gasteiger partial charge >= 0.3 is 6.18 Å². The number of anilines is 1. The quantitative estimate of drug-likeness (QED) is 0.834. The van der Waals surface area contributed by atoms with Crippen molar-refractivity contribution in [2.24, 2.45) is 0 Å². The molecule has 1 atom stereocenters. The first kappa shape index (κ1) is 13.9. The van der Waals surface area contributed by atoms with E-state index in [0.29, 0.717) is 5.69 Å². The molecule has 1 heterocycles. The summed E-state index contributed by atoms with van der Waals surface area (Å²) >= 11 is 0. The van der Waals surface area contributed by atoms with Crippen LogP contribution >= 0.6 is 0 Å². The van der Waals surface area contributed by atoms with Gasteiger partial charge in [0, 0.05) is 0 Å². The summed E-state index contributed by atoms with van der Waals surface area (Å²) in [4.78, 5) is 3.41. The van der Waals surface area contributed by atoms with Crippen molar-refractivity contribution in [3.05, 3.63) is 59.2 Å². The predicted molar refractivity (Wildman–Crippen MR) is 70.3 cm³/mol. The summed E-state index contributed by atoms with van der Waals surface area (Å²) in [6.07, 6.45) is -1.74. The van der Waals surface area contributed by atoms with Crippen LogP contribution in [-0.2, 0) is 12.6 Å². The number of pyridine rings is 1. The molecule has 3 rings (SSSR count). The Balaban J connectivity index is 1.77. The van der Waals surface area contributed by atoms with Crippen molar-refractivity contribution in [2.45, 2.75) is 25.1 Å². The monoisotopic (exact) mass is 296 g/mol. The first-order chi connectivity index (χ1) is 9.93. The zero-order valence-corrected chi connectivity index (χ0v) is 10.9. The second-order valence-electron chi connectivity index (χ2n) is 5.01. The third-order valence-corrected chi connectivity index (χ3v) is 3.58. The van der Waals surface area contributed by atoms with Crippen LogP contribution in [-0.4, -0.2) is 4.98 Å². The maximum atomic E-state index is 13.1. The summed E-state index contributed by atoms with van der Waals surface area (Å²) in [5.41, 5.74) is 1.52. The highest BCUT2D eigenvalue weighted by Gasteiger charge is 2.32. The van der Waals surface area contributed by atoms with E-state index in [4.69, 9.17) is 0 Å². The molecule has 110 valence electrons. The third kappa shape index (κ3) is 2.84. The molecule has 0 fully saturated rings. The van der Waals surface area contributed by atoms with Crippen LogP contribution in [0.5, 0.6) is 0 Å². The zero-order valence-electron chi connectivity index (χ0n) is 10.9. The summed E-state index contributed by atoms with van der Waals surface area (Å²) in [5, 5.41) is 3.14. The average Bonchev–Trinajstić information content (AvgIpc) is 2.80. The minimum Gasteiger partial charge on any atom is -0.377 e. The highest BCUT2D eigenvalue weighted by Crippen LogP contribution is 2.34. The van der Waals surface area contributed by atoms with E-state index < -0.39 is 11.9 Å². The van der Waals surface area contributed by atoms with Crippen molar-refractivity contribution < 1.29 is 17.6 Å². The Morgan fingerprint density at radius 3 is 2.62 bits per heavy atom. The Labute approximate surface area is 118 Å². The molecule has 21 heavy (non-hydrogen) atoms. The van der Waals surface area contributed by atoms with Crippen molar-refractivity contribution in [3.63, 3.8) is 0 Å². The van der Waals surface area contributed by atoms with Crippen molar-refractivity contribution >= 4 is 5.69 Å². The van der Waals surface area contributed by atoms with Crippen molar-refractivity contribution in [1.29, 1.82) is 0 Å². The van der Waals surface area contributed by atoms with Crippen LogP contribution in [0.1, 0.15) is 29.3 Å². The molecule has 0 spiro atoms. The smallest absolute Gasteiger partial charge is 0.377 e. The van der Waals surface area contributed by atoms with Crippen LogP contribution in [0.4, 0.5) is 23.2 Å². The van der Waals surface area contributed by atoms with Gasteiger partial charge < -0.3 is 5.32 Å². The number of halogens is 4. The fraction of sp³-hybridized carbons (Fsp3) is 0.267. The summed E-state index contributed by atoms with van der Waals surface area (Å²) in [6, 6.07) is 6.89. The van der Waals surface area contributed by atoms with Crippen LogP contribution in [0, 0.1) is 5.82 Å². The molecule has 2 aromatic rings. The molecule has 0 bridgehead atoms. The lowest BCUT2D eigenvalue weighted by atomic mass is 10.1. The summed E-state index contributed by atoms with van der Waals surface area (Å²) in [6.45, 7) is 0. The maximum absolute atomic E-state index is 13.1. The summed E-state index contributed by atoms with van der Waals surface area (Å²) < 4.78 is 50.5. The SMILES string of the molecule is Fc1ccc2c(c1)CCC2Nc1ccc(C(F)(F)F)nc1. The van der Waals surface area contributed by atoms with Gasteiger partial charge in [0.25, 0.3) is 0 Å². The molecule has 1 N–H and O–H groups in total. The Kier molecular flexibility index (Phi) is 3.31. The fourth-order valence-electron chi connectivity index (χ4n) is 2.58. The first-order valence-corrected chi connectivity index (χ1v) is 6.51. The normalized spacial score (nSPS) is 17.6. The Bertz CT molecular complexity index is 650. The second-order valence-corrected chi connectivity index (χ2v) is 5.01. The number of nitrogens with one attached hydrogen (secondary N) is 1. The highest BCUT2D eigenvalue weighted by molar-refractivity contribution is 5.47. The van der Waals surface area contributed by atoms with Gasteiger partial charge in [-0.05, 0) is 48.2 Å². The van der Waals surface area contributed by atoms with Gasteiger partial charge in [-0.1, -0.05) is 6.07 Å². The van der Waals surface area contributed by atoms with E-state index in [1.165, 1.54) is 24.4 Å². The van der Waals surface area contributed by atoms with Crippen LogP contribution in [0.25, 0.3) is 0 Å². The number of aromatic nitrogens is 1. The van der Waals surface area contributed by atoms with Crippen molar-refractivity contribution in [1.82, 2.24) is 4.98 Å². The molecular weight excluding hydrogens is 284 g/mol. The topological polar surface area (TPSA) is 24.9 Å². The van der Waals surface area contributed by atoms with E-state index in [2.05, 4.69) is 10.3 Å². The minimum absolute atomic E-state index is 0.0286. The van der Waals surface area contributed by atoms with Gasteiger partial charge in [0.15, 0.2) is 0 Å². The van der Waals surface area contributed by atoms with E-state index in [0.717, 1.165) is 30.0 Å². The van der Waals surface area contributed by atoms with E-state index in [1.807, 2.05) is 0 Å². The number of benzene rings is 1. The average molecular weight is 296 g/mol. The lowest BCUT2D eigenvalue weighted by molar-refractivity contribution is -0.141. The lowest BCUT2D eigenvalue weighted by Gasteiger charge is -2.16. The van der Waals surface area contributed by atoms with Crippen LogP contribution in [0.2, 0.25) is 0 Å². The van der Waals surface area contributed by atoms with Gasteiger partial charge in [0.1, 0.15) is 11.5 Å². The molecular formula is C15H12F4N2. The number of rotatable bonds is 2. The number of hydrogen-bond donors (Lipinski definition) is 1. The highest BCUT2D eigenvalue weighted by atomic mass is 19.4. The van der Waals surface area contributed by atoms with Gasteiger partial charge in [-0.3, -0.25) is 0 Å². The fourth-order valence-corrected chi connectivity index (χ4v) is 2.58. The molecule has 1 aliphatic rings. The zero-order chi connectivity index (χ0) is 15.0. The van der Waals surface area contributed by atoms with Crippen molar-refractivity contribution in [2.75, 3.05) is 5.32 Å². The second kappa shape index (κ2) is 5.02. The Morgan fingerprint density at radius 2 is 1.95 bits per heavy atom. The van der Waals surface area contributed by atoms with E-state index in [9.17, 15) is 17.6 Å². The van der Waals surface area contributed by atoms with Crippen LogP contribution in [0.15, 0.2) is 36.5 Å². The molecule has 0 aliphatic heterocycles. The third-order valence-electron chi connectivity index (χ3n) is 3.58. The van der Waals surface area contributed by atoms with Gasteiger partial charge in [-0.15, -0.1) is 0 Å². The molecule has 0 amide bonds. The number of aryl methyl sites for hydroxylation is 1. The van der Waals surface area contributed by atoms with Gasteiger partial charge in [0.05, 0.1) is 17.9 Å². The predicted octanol–water partition coefficient (Wildman–Crippen LogP) is 4.34. The van der Waals surface area contributed by atoms with E-state index >= 15 is 0 Å². The Morgan fingerprint density at radius 1 is 1.14 bits per heavy atom. The van der Waals surface area contributed by atoms with Gasteiger partial charge in [0.2, 0.25) is 0 Å². The largest absolute Gasteiger partial charge is 0.433 e. The van der Waals surface area contributed by atoms with Crippen molar-refractivity contribution in [3.8, 4) is 0 Å². The molecule has 6 heteroatoms. The Hall–Kier alpha value is -2.11. The minimum atomic E-state index is -4.43. The van der Waals surface area contributed by atoms with Crippen LogP contribution in [0.3, 0.4) is 0 Å². The van der Waals surface area contributed by atoms with E-state index in [1.54, 1.807) is 6.07 Å². The summed E-state index contributed by atoms with van der Waals surface area (Å²) in [7, 11) is 0.